The van der Waals surface area contributed by atoms with Gasteiger partial charge in [0.1, 0.15) is 12.4 Å². The topological polar surface area (TPSA) is 57.1 Å². The molecule has 168 valence electrons. The molecule has 1 aliphatic rings. The number of ether oxygens (including phenoxy) is 3. The summed E-state index contributed by atoms with van der Waals surface area (Å²) < 4.78 is 29.9. The Morgan fingerprint density at radius 2 is 1.82 bits per heavy atom. The summed E-state index contributed by atoms with van der Waals surface area (Å²) in [5.74, 6) is 0.863. The molecule has 0 atom stereocenters. The molecular formula is C27H24FNO4. The summed E-state index contributed by atoms with van der Waals surface area (Å²) in [4.78, 5) is 16.7. The highest BCUT2D eigenvalue weighted by molar-refractivity contribution is 6.12. The average Bonchev–Trinajstić information content (AvgIpc) is 3.18. The number of cyclic esters (lactones) is 1. The van der Waals surface area contributed by atoms with Crippen LogP contribution in [-0.2, 0) is 16.1 Å². The van der Waals surface area contributed by atoms with Gasteiger partial charge in [-0.05, 0) is 65.1 Å². The minimum Gasteiger partial charge on any atom is -0.493 e. The number of benzene rings is 3. The Balaban J connectivity index is 1.52. The van der Waals surface area contributed by atoms with Gasteiger partial charge in [0.05, 0.1) is 7.11 Å². The van der Waals surface area contributed by atoms with Crippen molar-refractivity contribution < 1.29 is 23.4 Å². The van der Waals surface area contributed by atoms with E-state index >= 15 is 0 Å². The number of methoxy groups -OCH3 is 1. The lowest BCUT2D eigenvalue weighted by molar-refractivity contribution is -0.129. The Labute approximate surface area is 192 Å². The van der Waals surface area contributed by atoms with Crippen LogP contribution in [0.4, 0.5) is 4.39 Å². The zero-order chi connectivity index (χ0) is 23.4. The van der Waals surface area contributed by atoms with Crippen LogP contribution < -0.4 is 9.47 Å². The number of carbonyl (C=O) groups excluding carboxylic acids is 1. The molecule has 0 N–H and O–H groups in total. The van der Waals surface area contributed by atoms with E-state index in [-0.39, 0.29) is 24.0 Å². The summed E-state index contributed by atoms with van der Waals surface area (Å²) in [6, 6.07) is 19.3. The maximum Gasteiger partial charge on any atom is 0.363 e. The van der Waals surface area contributed by atoms with E-state index in [1.807, 2.05) is 24.3 Å². The summed E-state index contributed by atoms with van der Waals surface area (Å²) in [7, 11) is 1.53. The summed E-state index contributed by atoms with van der Waals surface area (Å²) in [5, 5.41) is 0. The first-order valence-electron chi connectivity index (χ1n) is 10.6. The van der Waals surface area contributed by atoms with Crippen molar-refractivity contribution in [2.45, 2.75) is 26.4 Å². The molecule has 1 heterocycles. The van der Waals surface area contributed by atoms with Crippen LogP contribution in [0.2, 0.25) is 0 Å². The summed E-state index contributed by atoms with van der Waals surface area (Å²) >= 11 is 0. The third kappa shape index (κ3) is 5.29. The SMILES string of the molecule is COc1cc(/C=C2\N=C(c3ccc(C(C)C)cc3)OC2=O)ccc1OCc1cccc(F)c1. The largest absolute Gasteiger partial charge is 0.493 e. The monoisotopic (exact) mass is 445 g/mol. The molecule has 3 aromatic carbocycles. The van der Waals surface area contributed by atoms with E-state index in [1.54, 1.807) is 36.4 Å². The molecule has 0 bridgehead atoms. The fraction of sp³-hybridized carbons (Fsp3) is 0.185. The molecule has 0 aliphatic carbocycles. The van der Waals surface area contributed by atoms with Crippen LogP contribution in [0.5, 0.6) is 11.5 Å². The highest BCUT2D eigenvalue weighted by Gasteiger charge is 2.24. The van der Waals surface area contributed by atoms with Crippen LogP contribution in [0.1, 0.15) is 42.0 Å². The van der Waals surface area contributed by atoms with Gasteiger partial charge >= 0.3 is 5.97 Å². The number of hydrogen-bond donors (Lipinski definition) is 0. The molecule has 0 unspecified atom stereocenters. The molecule has 0 amide bonds. The fourth-order valence-corrected chi connectivity index (χ4v) is 3.38. The van der Waals surface area contributed by atoms with Gasteiger partial charge in [0.2, 0.25) is 5.90 Å². The van der Waals surface area contributed by atoms with E-state index in [0.29, 0.717) is 28.5 Å². The van der Waals surface area contributed by atoms with Crippen LogP contribution in [-0.4, -0.2) is 19.0 Å². The Morgan fingerprint density at radius 1 is 1.03 bits per heavy atom. The third-order valence-electron chi connectivity index (χ3n) is 5.22. The average molecular weight is 445 g/mol. The molecular weight excluding hydrogens is 421 g/mol. The standard InChI is InChI=1S/C27H24FNO4/c1-17(2)20-8-10-21(11-9-20)26-29-23(27(30)33-26)14-18-7-12-24(25(15-18)31-3)32-16-19-5-4-6-22(28)13-19/h4-15,17H,16H2,1-3H3/b23-14-. The number of hydrogen-bond acceptors (Lipinski definition) is 5. The predicted octanol–water partition coefficient (Wildman–Crippen LogP) is 5.88. The van der Waals surface area contributed by atoms with Gasteiger partial charge in [-0.25, -0.2) is 14.2 Å². The van der Waals surface area contributed by atoms with Gasteiger partial charge in [0, 0.05) is 5.56 Å². The van der Waals surface area contributed by atoms with Crippen molar-refractivity contribution in [3.8, 4) is 11.5 Å². The maximum atomic E-state index is 13.4. The first-order valence-corrected chi connectivity index (χ1v) is 10.6. The Hall–Kier alpha value is -3.93. The van der Waals surface area contributed by atoms with Crippen LogP contribution in [0, 0.1) is 5.82 Å². The quantitative estimate of drug-likeness (QED) is 0.337. The Kier molecular flexibility index (Phi) is 6.54. The lowest BCUT2D eigenvalue weighted by Gasteiger charge is -2.11. The second-order valence-corrected chi connectivity index (χ2v) is 7.94. The first kappa shape index (κ1) is 22.3. The van der Waals surface area contributed by atoms with Crippen LogP contribution in [0.3, 0.4) is 0 Å². The smallest absolute Gasteiger partial charge is 0.363 e. The van der Waals surface area contributed by atoms with E-state index in [1.165, 1.54) is 24.8 Å². The van der Waals surface area contributed by atoms with E-state index in [9.17, 15) is 9.18 Å². The van der Waals surface area contributed by atoms with Gasteiger partial charge in [0.15, 0.2) is 17.2 Å². The maximum absolute atomic E-state index is 13.4. The van der Waals surface area contributed by atoms with Gasteiger partial charge in [0.25, 0.3) is 0 Å². The number of esters is 1. The van der Waals surface area contributed by atoms with Gasteiger partial charge < -0.3 is 14.2 Å². The predicted molar refractivity (Wildman–Crippen MR) is 125 cm³/mol. The molecule has 6 heteroatoms. The lowest BCUT2D eigenvalue weighted by atomic mass is 10.0. The highest BCUT2D eigenvalue weighted by atomic mass is 19.1. The van der Waals surface area contributed by atoms with Crippen molar-refractivity contribution in [1.82, 2.24) is 0 Å². The van der Waals surface area contributed by atoms with Crippen molar-refractivity contribution in [3.05, 3.63) is 100 Å². The molecule has 0 saturated heterocycles. The van der Waals surface area contributed by atoms with E-state index in [0.717, 1.165) is 5.56 Å². The van der Waals surface area contributed by atoms with Crippen molar-refractivity contribution in [2.75, 3.05) is 7.11 Å². The Morgan fingerprint density at radius 3 is 2.52 bits per heavy atom. The Bertz CT molecular complexity index is 1230. The molecule has 0 aromatic heterocycles. The lowest BCUT2D eigenvalue weighted by Crippen LogP contribution is -2.05. The van der Waals surface area contributed by atoms with Gasteiger partial charge in [-0.2, -0.15) is 0 Å². The van der Waals surface area contributed by atoms with Crippen LogP contribution >= 0.6 is 0 Å². The molecule has 33 heavy (non-hydrogen) atoms. The van der Waals surface area contributed by atoms with Crippen LogP contribution in [0.25, 0.3) is 6.08 Å². The summed E-state index contributed by atoms with van der Waals surface area (Å²) in [5.41, 5.74) is 3.56. The third-order valence-corrected chi connectivity index (χ3v) is 5.22. The van der Waals surface area contributed by atoms with Gasteiger partial charge in [-0.3, -0.25) is 0 Å². The molecule has 0 saturated carbocycles. The molecule has 3 aromatic rings. The number of rotatable bonds is 7. The first-order chi connectivity index (χ1) is 15.9. The molecule has 1 aliphatic heterocycles. The molecule has 5 nitrogen and oxygen atoms in total. The minimum absolute atomic E-state index is 0.199. The van der Waals surface area contributed by atoms with Crippen molar-refractivity contribution in [3.63, 3.8) is 0 Å². The van der Waals surface area contributed by atoms with Crippen molar-refractivity contribution in [2.24, 2.45) is 4.99 Å². The molecule has 0 radical (unpaired) electrons. The number of aliphatic imine (C=N–C) groups is 1. The number of nitrogens with zero attached hydrogens (tertiary/aromatic N) is 1. The summed E-state index contributed by atoms with van der Waals surface area (Å²) in [6.45, 7) is 4.44. The second kappa shape index (κ2) is 9.69. The highest BCUT2D eigenvalue weighted by Crippen LogP contribution is 2.30. The zero-order valence-corrected chi connectivity index (χ0v) is 18.7. The van der Waals surface area contributed by atoms with Gasteiger partial charge in [-0.15, -0.1) is 0 Å². The van der Waals surface area contributed by atoms with Crippen molar-refractivity contribution >= 4 is 17.9 Å². The number of halogens is 1. The van der Waals surface area contributed by atoms with E-state index in [2.05, 4.69) is 18.8 Å². The molecule has 0 spiro atoms. The van der Waals surface area contributed by atoms with Gasteiger partial charge in [-0.1, -0.05) is 44.2 Å². The van der Waals surface area contributed by atoms with E-state index in [4.69, 9.17) is 14.2 Å². The van der Waals surface area contributed by atoms with Crippen molar-refractivity contribution in [1.29, 1.82) is 0 Å². The van der Waals surface area contributed by atoms with Crippen LogP contribution in [0.15, 0.2) is 77.4 Å². The minimum atomic E-state index is -0.511. The normalized spacial score (nSPS) is 14.4. The van der Waals surface area contributed by atoms with E-state index < -0.39 is 5.97 Å². The molecule has 0 fully saturated rings. The fourth-order valence-electron chi connectivity index (χ4n) is 3.38. The summed E-state index contributed by atoms with van der Waals surface area (Å²) in [6.07, 6.45) is 1.64. The molecule has 4 rings (SSSR count). The second-order valence-electron chi connectivity index (χ2n) is 7.94. The zero-order valence-electron chi connectivity index (χ0n) is 18.7. The number of carbonyl (C=O) groups is 1.